The van der Waals surface area contributed by atoms with E-state index in [1.807, 2.05) is 13.0 Å². The zero-order chi connectivity index (χ0) is 27.2. The zero-order valence-corrected chi connectivity index (χ0v) is 22.4. The lowest BCUT2D eigenvalue weighted by molar-refractivity contribution is -0.118. The summed E-state index contributed by atoms with van der Waals surface area (Å²) in [6.45, 7) is 1.55. The number of hydrogen-bond donors (Lipinski definition) is 1. The highest BCUT2D eigenvalue weighted by atomic mass is 79.9. The number of benzene rings is 3. The van der Waals surface area contributed by atoms with Gasteiger partial charge in [0.25, 0.3) is 11.5 Å². The summed E-state index contributed by atoms with van der Waals surface area (Å²) in [5, 5.41) is 7.45. The maximum Gasteiger partial charge on any atom is 0.282 e. The van der Waals surface area contributed by atoms with Crippen molar-refractivity contribution in [2.24, 2.45) is 5.10 Å². The number of methoxy groups -OCH3 is 2. The number of aryl methyl sites for hydroxylation is 1. The number of rotatable bonds is 9. The van der Waals surface area contributed by atoms with Crippen LogP contribution in [0.15, 0.2) is 69.0 Å². The minimum absolute atomic E-state index is 0.213. The molecule has 0 saturated heterocycles. The third kappa shape index (κ3) is 6.00. The van der Waals surface area contributed by atoms with Gasteiger partial charge in [-0.1, -0.05) is 22.9 Å². The highest BCUT2D eigenvalue weighted by Gasteiger charge is 2.16. The van der Waals surface area contributed by atoms with Gasteiger partial charge in [-0.2, -0.15) is 9.78 Å². The number of halogens is 2. The van der Waals surface area contributed by atoms with Crippen LogP contribution in [0.1, 0.15) is 18.3 Å². The lowest BCUT2D eigenvalue weighted by atomic mass is 10.2. The fourth-order valence-electron chi connectivity index (χ4n) is 3.65. The predicted octanol–water partition coefficient (Wildman–Crippen LogP) is 4.78. The highest BCUT2D eigenvalue weighted by molar-refractivity contribution is 9.10. The number of anilines is 1. The van der Waals surface area contributed by atoms with Crippen molar-refractivity contribution < 1.29 is 23.4 Å². The van der Waals surface area contributed by atoms with Crippen LogP contribution in [-0.4, -0.2) is 42.6 Å². The Hall–Kier alpha value is -4.25. The average Bonchev–Trinajstić information content (AvgIpc) is 2.92. The molecule has 196 valence electrons. The standard InChI is InChI=1S/C27H24BrFN4O5/c1-4-24-32-21-10-5-17(28)13-20(21)27(35)33(24)30-14-16-11-22(36-2)26(23(12-16)37-3)38-15-25(34)31-19-8-6-18(29)7-9-19/h5-14H,4,15H2,1-3H3,(H,31,34). The molecule has 0 radical (unpaired) electrons. The molecular weight excluding hydrogens is 559 g/mol. The molecule has 0 aliphatic rings. The molecule has 1 aromatic heterocycles. The SMILES string of the molecule is CCc1nc2ccc(Br)cc2c(=O)n1N=Cc1cc(OC)c(OCC(=O)Nc2ccc(F)cc2)c(OC)c1. The van der Waals surface area contributed by atoms with Crippen LogP contribution in [0, 0.1) is 5.82 Å². The topological polar surface area (TPSA) is 104 Å². The van der Waals surface area contributed by atoms with Gasteiger partial charge in [0.2, 0.25) is 5.75 Å². The Labute approximate surface area is 226 Å². The van der Waals surface area contributed by atoms with E-state index in [9.17, 15) is 14.0 Å². The second kappa shape index (κ2) is 11.9. The fraction of sp³-hybridized carbons (Fsp3) is 0.185. The number of carbonyl (C=O) groups excluding carboxylic acids is 1. The maximum atomic E-state index is 13.1. The monoisotopic (exact) mass is 582 g/mol. The van der Waals surface area contributed by atoms with E-state index < -0.39 is 11.7 Å². The molecule has 0 saturated carbocycles. The highest BCUT2D eigenvalue weighted by Crippen LogP contribution is 2.38. The Morgan fingerprint density at radius 2 is 1.79 bits per heavy atom. The molecule has 1 amide bonds. The second-order valence-electron chi connectivity index (χ2n) is 8.00. The van der Waals surface area contributed by atoms with E-state index >= 15 is 0 Å². The van der Waals surface area contributed by atoms with Crippen molar-refractivity contribution in [2.45, 2.75) is 13.3 Å². The summed E-state index contributed by atoms with van der Waals surface area (Å²) in [5.74, 6) is 0.455. The number of carbonyl (C=O) groups is 1. The van der Waals surface area contributed by atoms with Crippen molar-refractivity contribution in [2.75, 3.05) is 26.1 Å². The van der Waals surface area contributed by atoms with Crippen LogP contribution >= 0.6 is 15.9 Å². The summed E-state index contributed by atoms with van der Waals surface area (Å²) in [6, 6.07) is 14.0. The molecule has 0 aliphatic carbocycles. The number of ether oxygens (including phenoxy) is 3. The third-order valence-electron chi connectivity index (χ3n) is 5.47. The van der Waals surface area contributed by atoms with E-state index in [-0.39, 0.29) is 17.9 Å². The predicted molar refractivity (Wildman–Crippen MR) is 146 cm³/mol. The maximum absolute atomic E-state index is 13.1. The number of amides is 1. The Kier molecular flexibility index (Phi) is 8.37. The number of fused-ring (bicyclic) bond motifs is 1. The molecule has 1 heterocycles. The van der Waals surface area contributed by atoms with Crippen molar-refractivity contribution in [3.8, 4) is 17.2 Å². The molecule has 0 bridgehead atoms. The van der Waals surface area contributed by atoms with Crippen LogP contribution in [0.3, 0.4) is 0 Å². The molecule has 4 rings (SSSR count). The van der Waals surface area contributed by atoms with Gasteiger partial charge < -0.3 is 19.5 Å². The van der Waals surface area contributed by atoms with Gasteiger partial charge in [-0.05, 0) is 54.6 Å². The zero-order valence-electron chi connectivity index (χ0n) is 20.8. The molecule has 38 heavy (non-hydrogen) atoms. The van der Waals surface area contributed by atoms with E-state index in [1.165, 1.54) is 49.4 Å². The van der Waals surface area contributed by atoms with E-state index in [1.54, 1.807) is 24.3 Å². The average molecular weight is 583 g/mol. The van der Waals surface area contributed by atoms with Crippen molar-refractivity contribution >= 4 is 44.6 Å². The largest absolute Gasteiger partial charge is 0.493 e. The van der Waals surface area contributed by atoms with Crippen molar-refractivity contribution in [3.05, 3.63) is 86.6 Å². The Balaban J connectivity index is 1.59. The van der Waals surface area contributed by atoms with Gasteiger partial charge in [-0.3, -0.25) is 9.59 Å². The number of aromatic nitrogens is 2. The quantitative estimate of drug-likeness (QED) is 0.285. The summed E-state index contributed by atoms with van der Waals surface area (Å²) in [4.78, 5) is 30.0. The van der Waals surface area contributed by atoms with Crippen molar-refractivity contribution in [1.29, 1.82) is 0 Å². The summed E-state index contributed by atoms with van der Waals surface area (Å²) >= 11 is 3.39. The lowest BCUT2D eigenvalue weighted by Crippen LogP contribution is -2.22. The molecule has 0 fully saturated rings. The summed E-state index contributed by atoms with van der Waals surface area (Å²) in [7, 11) is 2.90. The summed E-state index contributed by atoms with van der Waals surface area (Å²) in [5.41, 5.74) is 1.29. The van der Waals surface area contributed by atoms with Gasteiger partial charge in [-0.15, -0.1) is 0 Å². The van der Waals surface area contributed by atoms with E-state index in [0.717, 1.165) is 4.47 Å². The first-order chi connectivity index (χ1) is 18.3. The molecule has 0 atom stereocenters. The Bertz CT molecular complexity index is 1550. The van der Waals surface area contributed by atoms with Crippen LogP contribution in [-0.2, 0) is 11.2 Å². The first-order valence-electron chi connectivity index (χ1n) is 11.5. The van der Waals surface area contributed by atoms with Crippen LogP contribution in [0.2, 0.25) is 0 Å². The molecule has 0 unspecified atom stereocenters. The molecular formula is C27H24BrFN4O5. The van der Waals surface area contributed by atoms with E-state index in [4.69, 9.17) is 14.2 Å². The first-order valence-corrected chi connectivity index (χ1v) is 12.3. The minimum Gasteiger partial charge on any atom is -0.493 e. The van der Waals surface area contributed by atoms with Crippen LogP contribution in [0.4, 0.5) is 10.1 Å². The molecule has 11 heteroatoms. The second-order valence-corrected chi connectivity index (χ2v) is 8.92. The van der Waals surface area contributed by atoms with Gasteiger partial charge in [0.15, 0.2) is 18.1 Å². The molecule has 1 N–H and O–H groups in total. The molecule has 9 nitrogen and oxygen atoms in total. The molecule has 0 aliphatic heterocycles. The van der Waals surface area contributed by atoms with E-state index in [2.05, 4.69) is 31.3 Å². The van der Waals surface area contributed by atoms with Gasteiger partial charge >= 0.3 is 0 Å². The van der Waals surface area contributed by atoms with Crippen LogP contribution in [0.5, 0.6) is 17.2 Å². The van der Waals surface area contributed by atoms with Gasteiger partial charge in [0.1, 0.15) is 11.6 Å². The Morgan fingerprint density at radius 3 is 2.42 bits per heavy atom. The van der Waals surface area contributed by atoms with Gasteiger partial charge in [-0.25, -0.2) is 9.37 Å². The van der Waals surface area contributed by atoms with Crippen molar-refractivity contribution in [3.63, 3.8) is 0 Å². The number of nitrogens with one attached hydrogen (secondary N) is 1. The van der Waals surface area contributed by atoms with Gasteiger partial charge in [0.05, 0.1) is 31.3 Å². The smallest absolute Gasteiger partial charge is 0.282 e. The number of nitrogens with zero attached hydrogens (tertiary/aromatic N) is 3. The minimum atomic E-state index is -0.451. The Morgan fingerprint density at radius 1 is 1.11 bits per heavy atom. The third-order valence-corrected chi connectivity index (χ3v) is 5.97. The summed E-state index contributed by atoms with van der Waals surface area (Å²) < 4.78 is 31.7. The van der Waals surface area contributed by atoms with E-state index in [0.29, 0.717) is 45.9 Å². The summed E-state index contributed by atoms with van der Waals surface area (Å²) in [6.07, 6.45) is 1.99. The molecule has 3 aromatic carbocycles. The van der Waals surface area contributed by atoms with Crippen LogP contribution < -0.4 is 25.1 Å². The van der Waals surface area contributed by atoms with Crippen LogP contribution in [0.25, 0.3) is 10.9 Å². The lowest BCUT2D eigenvalue weighted by Gasteiger charge is -2.15. The fourth-order valence-corrected chi connectivity index (χ4v) is 4.01. The normalized spacial score (nSPS) is 11.1. The first kappa shape index (κ1) is 26.8. The van der Waals surface area contributed by atoms with Gasteiger partial charge in [0, 0.05) is 22.1 Å². The van der Waals surface area contributed by atoms with Crippen molar-refractivity contribution in [1.82, 2.24) is 9.66 Å². The molecule has 4 aromatic rings. The molecule has 0 spiro atoms. The number of hydrogen-bond acceptors (Lipinski definition) is 7.